The van der Waals surface area contributed by atoms with E-state index in [1.807, 2.05) is 26.0 Å². The number of hydrogen-bond donors (Lipinski definition) is 1. The van der Waals surface area contributed by atoms with Crippen molar-refractivity contribution in [2.45, 2.75) is 26.9 Å². The number of ether oxygens (including phenoxy) is 1. The maximum Gasteiger partial charge on any atom is 0.265 e. The van der Waals surface area contributed by atoms with Gasteiger partial charge in [-0.05, 0) is 50.1 Å². The molecule has 3 nitrogen and oxygen atoms in total. The molecule has 22 heavy (non-hydrogen) atoms. The van der Waals surface area contributed by atoms with Crippen LogP contribution in [0.2, 0.25) is 0 Å². The zero-order valence-electron chi connectivity index (χ0n) is 12.6. The molecule has 2 rings (SSSR count). The van der Waals surface area contributed by atoms with E-state index in [0.717, 1.165) is 23.3 Å². The van der Waals surface area contributed by atoms with Crippen molar-refractivity contribution in [3.8, 4) is 5.75 Å². The minimum Gasteiger partial charge on any atom is -0.481 e. The lowest BCUT2D eigenvalue weighted by molar-refractivity contribution is -0.122. The van der Waals surface area contributed by atoms with Gasteiger partial charge in [-0.3, -0.25) is 4.79 Å². The molecule has 0 saturated heterocycles. The largest absolute Gasteiger partial charge is 0.481 e. The smallest absolute Gasteiger partial charge is 0.265 e. The maximum atomic E-state index is 13.1. The molecule has 2 aromatic carbocycles. The number of amides is 1. The predicted molar refractivity (Wildman–Crippen MR) is 81.0 cm³/mol. The fourth-order valence-electron chi connectivity index (χ4n) is 1.93. The van der Waals surface area contributed by atoms with E-state index in [1.165, 1.54) is 6.07 Å². The minimum absolute atomic E-state index is 0.0996. The second kappa shape index (κ2) is 6.56. The molecule has 0 aromatic heterocycles. The van der Waals surface area contributed by atoms with Gasteiger partial charge in [-0.1, -0.05) is 12.1 Å². The van der Waals surface area contributed by atoms with E-state index in [4.69, 9.17) is 4.74 Å². The summed E-state index contributed by atoms with van der Waals surface area (Å²) < 4.78 is 31.3. The van der Waals surface area contributed by atoms with Crippen LogP contribution in [0.4, 0.5) is 14.5 Å². The van der Waals surface area contributed by atoms with Crippen molar-refractivity contribution in [3.05, 3.63) is 59.2 Å². The lowest BCUT2D eigenvalue weighted by Gasteiger charge is -2.16. The fourth-order valence-corrected chi connectivity index (χ4v) is 1.93. The first-order valence-corrected chi connectivity index (χ1v) is 6.87. The maximum absolute atomic E-state index is 13.1. The molecule has 0 bridgehead atoms. The molecule has 0 spiro atoms. The van der Waals surface area contributed by atoms with Crippen LogP contribution < -0.4 is 10.1 Å². The average molecular weight is 305 g/mol. The summed E-state index contributed by atoms with van der Waals surface area (Å²) in [6.07, 6.45) is -0.843. The Bertz CT molecular complexity index is 701. The molecule has 2 aromatic rings. The molecule has 5 heteroatoms. The normalized spacial score (nSPS) is 11.9. The minimum atomic E-state index is -1.01. The number of nitrogens with one attached hydrogen (secondary N) is 1. The van der Waals surface area contributed by atoms with Crippen LogP contribution in [0.5, 0.6) is 5.75 Å². The van der Waals surface area contributed by atoms with Gasteiger partial charge in [0.1, 0.15) is 5.75 Å². The molecule has 0 fully saturated rings. The molecule has 116 valence electrons. The molecule has 1 atom stereocenters. The van der Waals surface area contributed by atoms with Crippen LogP contribution in [-0.2, 0) is 4.79 Å². The summed E-state index contributed by atoms with van der Waals surface area (Å²) >= 11 is 0. The van der Waals surface area contributed by atoms with Gasteiger partial charge < -0.3 is 10.1 Å². The van der Waals surface area contributed by atoms with E-state index in [0.29, 0.717) is 5.69 Å². The summed E-state index contributed by atoms with van der Waals surface area (Å²) in [4.78, 5) is 12.1. The van der Waals surface area contributed by atoms with Crippen molar-refractivity contribution >= 4 is 11.6 Å². The Kier molecular flexibility index (Phi) is 4.75. The summed E-state index contributed by atoms with van der Waals surface area (Å²) in [5, 5.41) is 2.77. The Morgan fingerprint density at radius 3 is 2.55 bits per heavy atom. The lowest BCUT2D eigenvalue weighted by Crippen LogP contribution is -2.30. The average Bonchev–Trinajstić information content (AvgIpc) is 2.47. The first-order chi connectivity index (χ1) is 10.4. The molecule has 0 aliphatic carbocycles. The number of aryl methyl sites for hydroxylation is 1. The van der Waals surface area contributed by atoms with Gasteiger partial charge in [0, 0.05) is 11.8 Å². The number of halogens is 2. The monoisotopic (exact) mass is 305 g/mol. The van der Waals surface area contributed by atoms with Crippen LogP contribution in [0.1, 0.15) is 18.1 Å². The first kappa shape index (κ1) is 15.9. The summed E-state index contributed by atoms with van der Waals surface area (Å²) in [5.41, 5.74) is 2.73. The van der Waals surface area contributed by atoms with Crippen LogP contribution in [0.25, 0.3) is 0 Å². The second-order valence-corrected chi connectivity index (χ2v) is 5.07. The van der Waals surface area contributed by atoms with Gasteiger partial charge in [-0.25, -0.2) is 8.78 Å². The van der Waals surface area contributed by atoms with Crippen LogP contribution in [0.3, 0.4) is 0 Å². The van der Waals surface area contributed by atoms with Crippen molar-refractivity contribution in [1.82, 2.24) is 0 Å². The molecule has 1 N–H and O–H groups in total. The molecular weight excluding hydrogens is 288 g/mol. The van der Waals surface area contributed by atoms with Gasteiger partial charge in [-0.15, -0.1) is 0 Å². The van der Waals surface area contributed by atoms with E-state index in [2.05, 4.69) is 5.32 Å². The molecule has 0 aliphatic heterocycles. The Morgan fingerprint density at radius 2 is 1.86 bits per heavy atom. The number of carbonyl (C=O) groups excluding carboxylic acids is 1. The number of benzene rings is 2. The molecule has 0 radical (unpaired) electrons. The Hall–Kier alpha value is -2.43. The van der Waals surface area contributed by atoms with Crippen molar-refractivity contribution < 1.29 is 18.3 Å². The third-order valence-electron chi connectivity index (χ3n) is 3.44. The lowest BCUT2D eigenvalue weighted by atomic mass is 10.1. The standard InChI is InChI=1S/C17H17F2NO2/c1-10-5-4-6-16(11(10)2)20-17(21)12(3)22-13-7-8-14(18)15(19)9-13/h4-9,12H,1-3H3,(H,20,21). The van der Waals surface area contributed by atoms with Gasteiger partial charge >= 0.3 is 0 Å². The van der Waals surface area contributed by atoms with E-state index in [-0.39, 0.29) is 11.7 Å². The van der Waals surface area contributed by atoms with Gasteiger partial charge in [0.15, 0.2) is 17.7 Å². The Labute approximate surface area is 127 Å². The van der Waals surface area contributed by atoms with Crippen molar-refractivity contribution in [1.29, 1.82) is 0 Å². The highest BCUT2D eigenvalue weighted by molar-refractivity contribution is 5.94. The zero-order valence-corrected chi connectivity index (χ0v) is 12.6. The molecule has 0 aliphatic rings. The summed E-state index contributed by atoms with van der Waals surface area (Å²) in [6.45, 7) is 5.40. The molecule has 1 amide bonds. The predicted octanol–water partition coefficient (Wildman–Crippen LogP) is 3.99. The van der Waals surface area contributed by atoms with Crippen LogP contribution in [0.15, 0.2) is 36.4 Å². The van der Waals surface area contributed by atoms with Gasteiger partial charge in [0.05, 0.1) is 0 Å². The number of anilines is 1. The van der Waals surface area contributed by atoms with E-state index >= 15 is 0 Å². The Balaban J connectivity index is 2.06. The molecular formula is C17H17F2NO2. The van der Waals surface area contributed by atoms with Crippen LogP contribution in [-0.4, -0.2) is 12.0 Å². The van der Waals surface area contributed by atoms with Crippen LogP contribution in [0, 0.1) is 25.5 Å². The zero-order chi connectivity index (χ0) is 16.3. The number of rotatable bonds is 4. The van der Waals surface area contributed by atoms with E-state index in [9.17, 15) is 13.6 Å². The topological polar surface area (TPSA) is 38.3 Å². The summed E-state index contributed by atoms with van der Waals surface area (Å²) in [5.74, 6) is -2.24. The highest BCUT2D eigenvalue weighted by Crippen LogP contribution is 2.20. The van der Waals surface area contributed by atoms with Crippen molar-refractivity contribution in [3.63, 3.8) is 0 Å². The van der Waals surface area contributed by atoms with Gasteiger partial charge in [0.2, 0.25) is 0 Å². The second-order valence-electron chi connectivity index (χ2n) is 5.07. The molecule has 1 unspecified atom stereocenters. The van der Waals surface area contributed by atoms with Gasteiger partial charge in [0.25, 0.3) is 5.91 Å². The SMILES string of the molecule is Cc1cccc(NC(=O)C(C)Oc2ccc(F)c(F)c2)c1C. The van der Waals surface area contributed by atoms with Crippen molar-refractivity contribution in [2.75, 3.05) is 5.32 Å². The third-order valence-corrected chi connectivity index (χ3v) is 3.44. The summed E-state index contributed by atoms with van der Waals surface area (Å²) in [6, 6.07) is 8.74. The van der Waals surface area contributed by atoms with Crippen molar-refractivity contribution in [2.24, 2.45) is 0 Å². The molecule has 0 heterocycles. The molecule has 0 saturated carbocycles. The number of hydrogen-bond acceptors (Lipinski definition) is 2. The van der Waals surface area contributed by atoms with Gasteiger partial charge in [-0.2, -0.15) is 0 Å². The third kappa shape index (κ3) is 3.61. The Morgan fingerprint density at radius 1 is 1.14 bits per heavy atom. The summed E-state index contributed by atoms with van der Waals surface area (Å²) in [7, 11) is 0. The highest BCUT2D eigenvalue weighted by Gasteiger charge is 2.16. The fraction of sp³-hybridized carbons (Fsp3) is 0.235. The quantitative estimate of drug-likeness (QED) is 0.927. The number of carbonyl (C=O) groups is 1. The van der Waals surface area contributed by atoms with Crippen LogP contribution >= 0.6 is 0 Å². The van der Waals surface area contributed by atoms with E-state index in [1.54, 1.807) is 13.0 Å². The van der Waals surface area contributed by atoms with E-state index < -0.39 is 17.7 Å². The first-order valence-electron chi connectivity index (χ1n) is 6.87. The highest BCUT2D eigenvalue weighted by atomic mass is 19.2.